The van der Waals surface area contributed by atoms with Crippen LogP contribution in [0.5, 0.6) is 0 Å². The van der Waals surface area contributed by atoms with Crippen LogP contribution in [0.25, 0.3) is 0 Å². The lowest BCUT2D eigenvalue weighted by Gasteiger charge is -2.12. The standard InChI is InChI=1S/C7H13NO2/c1-2-5-3-7(5,8)6(10)4-9/h4-6,10H,2-3,8H2,1H3. The number of hydrogen-bond donors (Lipinski definition) is 2. The number of hydrogen-bond acceptors (Lipinski definition) is 3. The van der Waals surface area contributed by atoms with Crippen LogP contribution in [0.1, 0.15) is 19.8 Å². The molecule has 10 heavy (non-hydrogen) atoms. The van der Waals surface area contributed by atoms with Crippen LogP contribution in [-0.4, -0.2) is 23.0 Å². The third kappa shape index (κ3) is 0.954. The Bertz CT molecular complexity index is 149. The van der Waals surface area contributed by atoms with Crippen LogP contribution in [0.15, 0.2) is 0 Å². The Morgan fingerprint density at radius 2 is 2.60 bits per heavy atom. The number of carbonyl (C=O) groups is 1. The van der Waals surface area contributed by atoms with Gasteiger partial charge >= 0.3 is 0 Å². The summed E-state index contributed by atoms with van der Waals surface area (Å²) in [5, 5.41) is 9.07. The molecule has 1 aliphatic carbocycles. The third-order valence-electron chi connectivity index (χ3n) is 2.37. The van der Waals surface area contributed by atoms with E-state index in [4.69, 9.17) is 10.8 Å². The molecule has 3 unspecified atom stereocenters. The minimum absolute atomic E-state index is 0.340. The fourth-order valence-electron chi connectivity index (χ4n) is 1.38. The van der Waals surface area contributed by atoms with E-state index in [2.05, 4.69) is 0 Å². The van der Waals surface area contributed by atoms with E-state index >= 15 is 0 Å². The number of aldehydes is 1. The van der Waals surface area contributed by atoms with Gasteiger partial charge in [-0.15, -0.1) is 0 Å². The molecule has 0 bridgehead atoms. The van der Waals surface area contributed by atoms with Crippen molar-refractivity contribution in [2.75, 3.05) is 0 Å². The molecule has 1 rings (SSSR count). The first-order valence-corrected chi connectivity index (χ1v) is 3.57. The van der Waals surface area contributed by atoms with Gasteiger partial charge in [-0.3, -0.25) is 0 Å². The van der Waals surface area contributed by atoms with E-state index in [-0.39, 0.29) is 0 Å². The summed E-state index contributed by atoms with van der Waals surface area (Å²) in [5.41, 5.74) is 5.09. The van der Waals surface area contributed by atoms with E-state index in [0.29, 0.717) is 12.2 Å². The Kier molecular flexibility index (Phi) is 1.79. The van der Waals surface area contributed by atoms with Crippen LogP contribution < -0.4 is 5.73 Å². The summed E-state index contributed by atoms with van der Waals surface area (Å²) in [6.45, 7) is 2.01. The van der Waals surface area contributed by atoms with E-state index in [1.807, 2.05) is 6.92 Å². The van der Waals surface area contributed by atoms with Crippen molar-refractivity contribution >= 4 is 6.29 Å². The Balaban J connectivity index is 2.49. The molecule has 3 heteroatoms. The molecule has 1 aliphatic rings. The predicted octanol–water partition coefficient (Wildman–Crippen LogP) is -0.326. The maximum Gasteiger partial charge on any atom is 0.150 e. The summed E-state index contributed by atoms with van der Waals surface area (Å²) in [4.78, 5) is 10.1. The summed E-state index contributed by atoms with van der Waals surface area (Å²) < 4.78 is 0. The van der Waals surface area contributed by atoms with Gasteiger partial charge in [-0.1, -0.05) is 13.3 Å². The molecule has 3 N–H and O–H groups in total. The van der Waals surface area contributed by atoms with Crippen LogP contribution in [-0.2, 0) is 4.79 Å². The van der Waals surface area contributed by atoms with Crippen LogP contribution >= 0.6 is 0 Å². The van der Waals surface area contributed by atoms with Gasteiger partial charge in [0.25, 0.3) is 0 Å². The van der Waals surface area contributed by atoms with E-state index < -0.39 is 11.6 Å². The van der Waals surface area contributed by atoms with Crippen molar-refractivity contribution in [3.63, 3.8) is 0 Å². The minimum atomic E-state index is -0.961. The van der Waals surface area contributed by atoms with Crippen molar-refractivity contribution in [3.05, 3.63) is 0 Å². The van der Waals surface area contributed by atoms with E-state index in [1.54, 1.807) is 0 Å². The van der Waals surface area contributed by atoms with Gasteiger partial charge in [0.2, 0.25) is 0 Å². The SMILES string of the molecule is CCC1CC1(N)C(O)C=O. The first-order chi connectivity index (χ1) is 4.65. The van der Waals surface area contributed by atoms with Gasteiger partial charge in [0.05, 0.1) is 5.54 Å². The Morgan fingerprint density at radius 3 is 2.90 bits per heavy atom. The van der Waals surface area contributed by atoms with Gasteiger partial charge < -0.3 is 15.6 Å². The maximum absolute atomic E-state index is 10.1. The fraction of sp³-hybridized carbons (Fsp3) is 0.857. The van der Waals surface area contributed by atoms with Gasteiger partial charge in [0, 0.05) is 0 Å². The van der Waals surface area contributed by atoms with Gasteiger partial charge in [-0.2, -0.15) is 0 Å². The predicted molar refractivity (Wildman–Crippen MR) is 37.4 cm³/mol. The monoisotopic (exact) mass is 143 g/mol. The zero-order valence-corrected chi connectivity index (χ0v) is 6.08. The molecule has 0 amide bonds. The molecule has 0 aromatic heterocycles. The molecule has 58 valence electrons. The van der Waals surface area contributed by atoms with Crippen LogP contribution in [0.2, 0.25) is 0 Å². The molecule has 1 saturated carbocycles. The number of aliphatic hydroxyl groups excluding tert-OH is 1. The smallest absolute Gasteiger partial charge is 0.150 e. The Labute approximate surface area is 60.2 Å². The second-order valence-electron chi connectivity index (χ2n) is 3.00. The molecule has 0 aliphatic heterocycles. The molecule has 1 fully saturated rings. The molecular formula is C7H13NO2. The molecule has 0 aromatic rings. The van der Waals surface area contributed by atoms with E-state index in [0.717, 1.165) is 12.8 Å². The number of aliphatic hydroxyl groups is 1. The number of rotatable bonds is 3. The van der Waals surface area contributed by atoms with Gasteiger partial charge in [0.1, 0.15) is 12.4 Å². The van der Waals surface area contributed by atoms with Gasteiger partial charge in [-0.05, 0) is 12.3 Å². The Hall–Kier alpha value is -0.410. The largest absolute Gasteiger partial charge is 0.384 e. The highest BCUT2D eigenvalue weighted by atomic mass is 16.3. The van der Waals surface area contributed by atoms with Crippen LogP contribution in [0.3, 0.4) is 0 Å². The van der Waals surface area contributed by atoms with Gasteiger partial charge in [0.15, 0.2) is 0 Å². The topological polar surface area (TPSA) is 63.3 Å². The first-order valence-electron chi connectivity index (χ1n) is 3.57. The van der Waals surface area contributed by atoms with Gasteiger partial charge in [-0.25, -0.2) is 0 Å². The molecule has 0 heterocycles. The zero-order valence-electron chi connectivity index (χ0n) is 6.08. The second-order valence-corrected chi connectivity index (χ2v) is 3.00. The summed E-state index contributed by atoms with van der Waals surface area (Å²) in [7, 11) is 0. The minimum Gasteiger partial charge on any atom is -0.384 e. The summed E-state index contributed by atoms with van der Waals surface area (Å²) in [6.07, 6.45) is 1.29. The highest BCUT2D eigenvalue weighted by Gasteiger charge is 2.54. The molecule has 3 nitrogen and oxygen atoms in total. The highest BCUT2D eigenvalue weighted by Crippen LogP contribution is 2.45. The third-order valence-corrected chi connectivity index (χ3v) is 2.37. The average Bonchev–Trinajstić information content (AvgIpc) is 2.61. The molecule has 0 radical (unpaired) electrons. The quantitative estimate of drug-likeness (QED) is 0.532. The van der Waals surface area contributed by atoms with Crippen LogP contribution in [0, 0.1) is 5.92 Å². The highest BCUT2D eigenvalue weighted by molar-refractivity contribution is 5.60. The first kappa shape index (κ1) is 7.69. The van der Waals surface area contributed by atoms with Crippen molar-refractivity contribution in [2.24, 2.45) is 11.7 Å². The fourth-order valence-corrected chi connectivity index (χ4v) is 1.38. The molecule has 0 saturated heterocycles. The summed E-state index contributed by atoms with van der Waals surface area (Å²) in [5.74, 6) is 0.340. The Morgan fingerprint density at radius 1 is 2.00 bits per heavy atom. The average molecular weight is 143 g/mol. The lowest BCUT2D eigenvalue weighted by atomic mass is 10.1. The number of carbonyl (C=O) groups excluding carboxylic acids is 1. The van der Waals surface area contributed by atoms with Crippen LogP contribution in [0.4, 0.5) is 0 Å². The lowest BCUT2D eigenvalue weighted by molar-refractivity contribution is -0.116. The zero-order chi connectivity index (χ0) is 7.78. The van der Waals surface area contributed by atoms with Crippen molar-refractivity contribution in [3.8, 4) is 0 Å². The molecule has 3 atom stereocenters. The van der Waals surface area contributed by atoms with Crippen molar-refractivity contribution in [1.82, 2.24) is 0 Å². The molecule has 0 aromatic carbocycles. The maximum atomic E-state index is 10.1. The lowest BCUT2D eigenvalue weighted by Crippen LogP contribution is -2.40. The van der Waals surface area contributed by atoms with E-state index in [1.165, 1.54) is 0 Å². The normalized spacial score (nSPS) is 40.9. The van der Waals surface area contributed by atoms with Crippen molar-refractivity contribution < 1.29 is 9.90 Å². The molecule has 0 spiro atoms. The van der Waals surface area contributed by atoms with Crippen molar-refractivity contribution in [2.45, 2.75) is 31.4 Å². The molecular weight excluding hydrogens is 130 g/mol. The van der Waals surface area contributed by atoms with E-state index in [9.17, 15) is 4.79 Å². The summed E-state index contributed by atoms with van der Waals surface area (Å²) in [6, 6.07) is 0. The van der Waals surface area contributed by atoms with Crippen molar-refractivity contribution in [1.29, 1.82) is 0 Å². The summed E-state index contributed by atoms with van der Waals surface area (Å²) >= 11 is 0. The number of nitrogens with two attached hydrogens (primary N) is 1. The second kappa shape index (κ2) is 2.32.